The maximum absolute atomic E-state index is 12.3. The summed E-state index contributed by atoms with van der Waals surface area (Å²) < 4.78 is 0. The van der Waals surface area contributed by atoms with Crippen molar-refractivity contribution in [3.8, 4) is 0 Å². The minimum Gasteiger partial charge on any atom is -0.355 e. The molecular formula is C17H20N2O2. The zero-order valence-corrected chi connectivity index (χ0v) is 12.4. The van der Waals surface area contributed by atoms with Gasteiger partial charge < -0.3 is 10.2 Å². The van der Waals surface area contributed by atoms with Gasteiger partial charge in [0, 0.05) is 19.2 Å². The van der Waals surface area contributed by atoms with Gasteiger partial charge in [0.2, 0.25) is 5.91 Å². The molecule has 0 saturated heterocycles. The summed E-state index contributed by atoms with van der Waals surface area (Å²) in [6.45, 7) is 2.70. The Hall–Kier alpha value is -2.36. The van der Waals surface area contributed by atoms with Crippen LogP contribution in [0, 0.1) is 0 Å². The fraction of sp³-hybridized carbons (Fsp3) is 0.294. The maximum Gasteiger partial charge on any atom is 0.254 e. The van der Waals surface area contributed by atoms with E-state index in [1.807, 2.05) is 43.3 Å². The average Bonchev–Trinajstić information content (AvgIpc) is 2.51. The lowest BCUT2D eigenvalue weighted by Gasteiger charge is -2.17. The molecule has 0 aliphatic heterocycles. The third-order valence-corrected chi connectivity index (χ3v) is 3.30. The molecule has 0 heterocycles. The SMILES string of the molecule is CCCNC(=O)CN(C)C(=O)c1ccc2ccccc2c1. The molecule has 4 heteroatoms. The van der Waals surface area contributed by atoms with E-state index >= 15 is 0 Å². The molecule has 0 bridgehead atoms. The van der Waals surface area contributed by atoms with Gasteiger partial charge in [-0.05, 0) is 29.3 Å². The Balaban J connectivity index is 2.08. The molecule has 0 aromatic heterocycles. The third-order valence-electron chi connectivity index (χ3n) is 3.30. The zero-order chi connectivity index (χ0) is 15.2. The van der Waals surface area contributed by atoms with Crippen molar-refractivity contribution >= 4 is 22.6 Å². The van der Waals surface area contributed by atoms with Crippen molar-refractivity contribution in [1.82, 2.24) is 10.2 Å². The van der Waals surface area contributed by atoms with Crippen LogP contribution < -0.4 is 5.32 Å². The van der Waals surface area contributed by atoms with Crippen LogP contribution in [0.1, 0.15) is 23.7 Å². The minimum absolute atomic E-state index is 0.0751. The second-order valence-corrected chi connectivity index (χ2v) is 5.07. The van der Waals surface area contributed by atoms with Gasteiger partial charge in [-0.15, -0.1) is 0 Å². The summed E-state index contributed by atoms with van der Waals surface area (Å²) in [4.78, 5) is 25.4. The van der Waals surface area contributed by atoms with Crippen LogP contribution in [0.3, 0.4) is 0 Å². The Morgan fingerprint density at radius 1 is 1.10 bits per heavy atom. The van der Waals surface area contributed by atoms with Gasteiger partial charge in [0.1, 0.15) is 0 Å². The molecule has 0 saturated carbocycles. The summed E-state index contributed by atoms with van der Waals surface area (Å²) >= 11 is 0. The van der Waals surface area contributed by atoms with Gasteiger partial charge in [-0.3, -0.25) is 9.59 Å². The van der Waals surface area contributed by atoms with Gasteiger partial charge in [-0.2, -0.15) is 0 Å². The number of amides is 2. The number of hydrogen-bond acceptors (Lipinski definition) is 2. The van der Waals surface area contributed by atoms with Gasteiger partial charge in [0.05, 0.1) is 6.54 Å². The third kappa shape index (κ3) is 3.81. The monoisotopic (exact) mass is 284 g/mol. The van der Waals surface area contributed by atoms with Crippen LogP contribution >= 0.6 is 0 Å². The molecule has 0 unspecified atom stereocenters. The maximum atomic E-state index is 12.3. The van der Waals surface area contributed by atoms with E-state index in [1.54, 1.807) is 13.1 Å². The zero-order valence-electron chi connectivity index (χ0n) is 12.4. The van der Waals surface area contributed by atoms with Crippen molar-refractivity contribution < 1.29 is 9.59 Å². The van der Waals surface area contributed by atoms with Gasteiger partial charge in [-0.25, -0.2) is 0 Å². The summed E-state index contributed by atoms with van der Waals surface area (Å²) in [5.74, 6) is -0.277. The fourth-order valence-corrected chi connectivity index (χ4v) is 2.15. The molecule has 2 aromatic carbocycles. The molecule has 0 aliphatic rings. The number of carbonyl (C=O) groups excluding carboxylic acids is 2. The number of nitrogens with one attached hydrogen (secondary N) is 1. The first kappa shape index (κ1) is 15.0. The van der Waals surface area contributed by atoms with Crippen LogP contribution in [0.15, 0.2) is 42.5 Å². The smallest absolute Gasteiger partial charge is 0.254 e. The van der Waals surface area contributed by atoms with Crippen LogP contribution in [0.25, 0.3) is 10.8 Å². The number of carbonyl (C=O) groups is 2. The topological polar surface area (TPSA) is 49.4 Å². The Kier molecular flexibility index (Phi) is 4.93. The van der Waals surface area contributed by atoms with Gasteiger partial charge in [0.25, 0.3) is 5.91 Å². The van der Waals surface area contributed by atoms with Gasteiger partial charge >= 0.3 is 0 Å². The number of nitrogens with zero attached hydrogens (tertiary/aromatic N) is 1. The molecule has 21 heavy (non-hydrogen) atoms. The van der Waals surface area contributed by atoms with E-state index in [9.17, 15) is 9.59 Å². The Morgan fingerprint density at radius 3 is 2.52 bits per heavy atom. The van der Waals surface area contributed by atoms with E-state index in [0.717, 1.165) is 17.2 Å². The van der Waals surface area contributed by atoms with Gasteiger partial charge in [-0.1, -0.05) is 37.3 Å². The number of hydrogen-bond donors (Lipinski definition) is 1. The number of benzene rings is 2. The fourth-order valence-electron chi connectivity index (χ4n) is 2.15. The Bertz CT molecular complexity index is 652. The van der Waals surface area contributed by atoms with Crippen molar-refractivity contribution in [1.29, 1.82) is 0 Å². The predicted molar refractivity (Wildman–Crippen MR) is 84.2 cm³/mol. The van der Waals surface area contributed by atoms with E-state index in [-0.39, 0.29) is 18.4 Å². The van der Waals surface area contributed by atoms with Crippen molar-refractivity contribution in [2.45, 2.75) is 13.3 Å². The molecule has 1 N–H and O–H groups in total. The summed E-state index contributed by atoms with van der Waals surface area (Å²) in [7, 11) is 1.64. The molecule has 2 aromatic rings. The second kappa shape index (κ2) is 6.88. The molecule has 0 radical (unpaired) electrons. The second-order valence-electron chi connectivity index (χ2n) is 5.07. The summed E-state index contributed by atoms with van der Waals surface area (Å²) in [6.07, 6.45) is 0.883. The van der Waals surface area contributed by atoms with E-state index in [2.05, 4.69) is 5.32 Å². The summed E-state index contributed by atoms with van der Waals surface area (Å²) in [5, 5.41) is 4.88. The predicted octanol–water partition coefficient (Wildman–Crippen LogP) is 2.44. The highest BCUT2D eigenvalue weighted by Crippen LogP contribution is 2.16. The molecular weight excluding hydrogens is 264 g/mol. The first-order chi connectivity index (χ1) is 10.1. The highest BCUT2D eigenvalue weighted by atomic mass is 16.2. The molecule has 0 atom stereocenters. The van der Waals surface area contributed by atoms with Crippen LogP contribution in [0.4, 0.5) is 0 Å². The van der Waals surface area contributed by atoms with Crippen molar-refractivity contribution in [3.63, 3.8) is 0 Å². The quantitative estimate of drug-likeness (QED) is 0.916. The molecule has 0 aliphatic carbocycles. The first-order valence-electron chi connectivity index (χ1n) is 7.12. The molecule has 0 fully saturated rings. The van der Waals surface area contributed by atoms with Crippen LogP contribution in [0.2, 0.25) is 0 Å². The van der Waals surface area contributed by atoms with E-state index < -0.39 is 0 Å². The molecule has 4 nitrogen and oxygen atoms in total. The van der Waals surface area contributed by atoms with Gasteiger partial charge in [0.15, 0.2) is 0 Å². The van der Waals surface area contributed by atoms with Crippen LogP contribution in [-0.2, 0) is 4.79 Å². The number of likely N-dealkylation sites (N-methyl/N-ethyl adjacent to an activating group) is 1. The van der Waals surface area contributed by atoms with Crippen molar-refractivity contribution in [3.05, 3.63) is 48.0 Å². The van der Waals surface area contributed by atoms with E-state index in [0.29, 0.717) is 12.1 Å². The van der Waals surface area contributed by atoms with Crippen LogP contribution in [0.5, 0.6) is 0 Å². The number of rotatable bonds is 5. The van der Waals surface area contributed by atoms with Crippen LogP contribution in [-0.4, -0.2) is 36.9 Å². The minimum atomic E-state index is -0.146. The van der Waals surface area contributed by atoms with Crippen molar-refractivity contribution in [2.24, 2.45) is 0 Å². The standard InChI is InChI=1S/C17H20N2O2/c1-3-10-18-16(20)12-19(2)17(21)15-9-8-13-6-4-5-7-14(13)11-15/h4-9,11H,3,10,12H2,1-2H3,(H,18,20). The van der Waals surface area contributed by atoms with E-state index in [1.165, 1.54) is 4.90 Å². The molecule has 2 rings (SSSR count). The number of fused-ring (bicyclic) bond motifs is 1. The normalized spacial score (nSPS) is 10.4. The molecule has 110 valence electrons. The lowest BCUT2D eigenvalue weighted by atomic mass is 10.1. The average molecular weight is 284 g/mol. The van der Waals surface area contributed by atoms with Crippen molar-refractivity contribution in [2.75, 3.05) is 20.1 Å². The lowest BCUT2D eigenvalue weighted by Crippen LogP contribution is -2.38. The Morgan fingerprint density at radius 2 is 1.81 bits per heavy atom. The largest absolute Gasteiger partial charge is 0.355 e. The molecule has 0 spiro atoms. The highest BCUT2D eigenvalue weighted by molar-refractivity contribution is 5.99. The summed E-state index contributed by atoms with van der Waals surface area (Å²) in [5.41, 5.74) is 0.597. The highest BCUT2D eigenvalue weighted by Gasteiger charge is 2.14. The lowest BCUT2D eigenvalue weighted by molar-refractivity contribution is -0.121. The molecule has 2 amide bonds. The van der Waals surface area contributed by atoms with E-state index in [4.69, 9.17) is 0 Å². The first-order valence-corrected chi connectivity index (χ1v) is 7.12. The summed E-state index contributed by atoms with van der Waals surface area (Å²) in [6, 6.07) is 13.5. The Labute approximate surface area is 124 Å².